The highest BCUT2D eigenvalue weighted by molar-refractivity contribution is 14.1. The van der Waals surface area contributed by atoms with Crippen LogP contribution >= 0.6 is 33.9 Å². The van der Waals surface area contributed by atoms with Crippen LogP contribution in [0.5, 0.6) is 0 Å². The average Bonchev–Trinajstić information content (AvgIpc) is 3.10. The second-order valence-electron chi connectivity index (χ2n) is 6.00. The number of amides is 1. The fourth-order valence-corrected chi connectivity index (χ4v) is 6.10. The molecule has 1 N–H and O–H groups in total. The Morgan fingerprint density at radius 2 is 1.92 bits per heavy atom. The molecule has 0 atom stereocenters. The summed E-state index contributed by atoms with van der Waals surface area (Å²) in [5.41, 5.74) is 1.79. The van der Waals surface area contributed by atoms with Crippen LogP contribution in [0.25, 0.3) is 0 Å². The number of nitrogens with one attached hydrogen (secondary N) is 1. The van der Waals surface area contributed by atoms with Gasteiger partial charge in [0.2, 0.25) is 10.0 Å². The summed E-state index contributed by atoms with van der Waals surface area (Å²) in [7, 11) is -3.62. The van der Waals surface area contributed by atoms with Gasteiger partial charge < -0.3 is 5.32 Å². The van der Waals surface area contributed by atoms with Crippen LogP contribution in [0.15, 0.2) is 34.5 Å². The Hall–Kier alpha value is -0.970. The van der Waals surface area contributed by atoms with Crippen molar-refractivity contribution in [2.24, 2.45) is 0 Å². The molecule has 2 heterocycles. The smallest absolute Gasteiger partial charge is 0.267 e. The molecule has 0 radical (unpaired) electrons. The fraction of sp³-hybridized carbons (Fsp3) is 0.353. The van der Waals surface area contributed by atoms with Gasteiger partial charge in [-0.15, -0.1) is 11.3 Å². The van der Waals surface area contributed by atoms with E-state index in [4.69, 9.17) is 0 Å². The van der Waals surface area contributed by atoms with Gasteiger partial charge in [0.25, 0.3) is 5.91 Å². The molecule has 1 aromatic heterocycles. The second-order valence-corrected chi connectivity index (χ2v) is 9.98. The molecule has 1 saturated heterocycles. The minimum atomic E-state index is -3.62. The lowest BCUT2D eigenvalue weighted by Crippen LogP contribution is -2.36. The van der Waals surface area contributed by atoms with Crippen LogP contribution in [0, 0.1) is 10.5 Å². The Bertz CT molecular complexity index is 887. The summed E-state index contributed by atoms with van der Waals surface area (Å²) >= 11 is 3.36. The zero-order chi connectivity index (χ0) is 18.0. The average molecular weight is 490 g/mol. The molecule has 1 amide bonds. The topological polar surface area (TPSA) is 66.5 Å². The number of nitrogens with zero attached hydrogens (tertiary/aromatic N) is 1. The van der Waals surface area contributed by atoms with Crippen molar-refractivity contribution in [3.8, 4) is 0 Å². The Balaban J connectivity index is 1.85. The van der Waals surface area contributed by atoms with Crippen LogP contribution in [0.3, 0.4) is 0 Å². The quantitative estimate of drug-likeness (QED) is 0.657. The van der Waals surface area contributed by atoms with Gasteiger partial charge in [0.1, 0.15) is 9.77 Å². The number of rotatable bonds is 4. The SMILES string of the molecule is Cc1ccc(NC(=O)c2sccc2S(=O)(=O)N2CCCCC2)cc1I. The zero-order valence-corrected chi connectivity index (χ0v) is 17.6. The van der Waals surface area contributed by atoms with E-state index in [9.17, 15) is 13.2 Å². The minimum Gasteiger partial charge on any atom is -0.321 e. The number of benzene rings is 1. The first kappa shape index (κ1) is 18.8. The van der Waals surface area contributed by atoms with Crippen molar-refractivity contribution in [1.29, 1.82) is 0 Å². The standard InChI is InChI=1S/C17H19IN2O3S2/c1-12-5-6-13(11-14(12)18)19-17(21)16-15(7-10-24-16)25(22,23)20-8-3-2-4-9-20/h5-7,10-11H,2-4,8-9H2,1H3,(H,19,21). The van der Waals surface area contributed by atoms with E-state index in [1.165, 1.54) is 10.4 Å². The molecule has 8 heteroatoms. The number of sulfonamides is 1. The normalized spacial score (nSPS) is 15.9. The van der Waals surface area contributed by atoms with Gasteiger partial charge in [-0.3, -0.25) is 4.79 Å². The molecule has 0 unspecified atom stereocenters. The summed E-state index contributed by atoms with van der Waals surface area (Å²) in [6.07, 6.45) is 2.79. The highest BCUT2D eigenvalue weighted by atomic mass is 127. The van der Waals surface area contributed by atoms with Gasteiger partial charge in [-0.05, 0) is 71.5 Å². The van der Waals surface area contributed by atoms with Crippen LogP contribution in [0.1, 0.15) is 34.5 Å². The van der Waals surface area contributed by atoms with Crippen LogP contribution in [-0.4, -0.2) is 31.7 Å². The van der Waals surface area contributed by atoms with Gasteiger partial charge in [0.05, 0.1) is 0 Å². The van der Waals surface area contributed by atoms with Crippen molar-refractivity contribution in [2.75, 3.05) is 18.4 Å². The van der Waals surface area contributed by atoms with Crippen LogP contribution in [0.2, 0.25) is 0 Å². The Morgan fingerprint density at radius 3 is 2.60 bits per heavy atom. The monoisotopic (exact) mass is 490 g/mol. The van der Waals surface area contributed by atoms with Crippen molar-refractivity contribution < 1.29 is 13.2 Å². The Labute approximate surface area is 165 Å². The molecule has 3 rings (SSSR count). The highest BCUT2D eigenvalue weighted by Gasteiger charge is 2.31. The lowest BCUT2D eigenvalue weighted by Gasteiger charge is -2.25. The van der Waals surface area contributed by atoms with Crippen molar-refractivity contribution >= 4 is 55.5 Å². The van der Waals surface area contributed by atoms with E-state index in [1.807, 2.05) is 25.1 Å². The summed E-state index contributed by atoms with van der Waals surface area (Å²) in [5, 5.41) is 4.47. The van der Waals surface area contributed by atoms with Crippen molar-refractivity contribution in [2.45, 2.75) is 31.1 Å². The van der Waals surface area contributed by atoms with Crippen LogP contribution in [0.4, 0.5) is 5.69 Å². The molecular weight excluding hydrogens is 471 g/mol. The number of thiophene rings is 1. The van der Waals surface area contributed by atoms with Crippen molar-refractivity contribution in [1.82, 2.24) is 4.31 Å². The molecule has 25 heavy (non-hydrogen) atoms. The van der Waals surface area contributed by atoms with Gasteiger partial charge in [-0.2, -0.15) is 4.31 Å². The molecule has 5 nitrogen and oxygen atoms in total. The third kappa shape index (κ3) is 4.07. The first-order chi connectivity index (χ1) is 11.9. The molecule has 1 aliphatic rings. The third-order valence-corrected chi connectivity index (χ3v) is 8.34. The molecule has 134 valence electrons. The third-order valence-electron chi connectivity index (χ3n) is 4.20. The summed E-state index contributed by atoms with van der Waals surface area (Å²) in [5.74, 6) is -0.384. The van der Waals surface area contributed by atoms with Gasteiger partial charge in [0.15, 0.2) is 0 Å². The van der Waals surface area contributed by atoms with Crippen molar-refractivity contribution in [3.63, 3.8) is 0 Å². The Kier molecular flexibility index (Phi) is 5.81. The number of hydrogen-bond donors (Lipinski definition) is 1. The summed E-state index contributed by atoms with van der Waals surface area (Å²) in [6.45, 7) is 3.04. The number of aryl methyl sites for hydroxylation is 1. The number of hydrogen-bond acceptors (Lipinski definition) is 4. The number of halogens is 1. The van der Waals surface area contributed by atoms with Gasteiger partial charge in [0, 0.05) is 22.3 Å². The van der Waals surface area contributed by atoms with Crippen molar-refractivity contribution in [3.05, 3.63) is 43.7 Å². The van der Waals surface area contributed by atoms with Gasteiger partial charge in [-0.1, -0.05) is 12.5 Å². The number of anilines is 1. The lowest BCUT2D eigenvalue weighted by molar-refractivity contribution is 0.102. The maximum Gasteiger partial charge on any atom is 0.267 e. The maximum absolute atomic E-state index is 12.9. The highest BCUT2D eigenvalue weighted by Crippen LogP contribution is 2.28. The summed E-state index contributed by atoms with van der Waals surface area (Å²) in [4.78, 5) is 13.0. The molecule has 1 aliphatic heterocycles. The molecule has 0 bridgehead atoms. The molecule has 2 aromatic rings. The van der Waals surface area contributed by atoms with E-state index in [-0.39, 0.29) is 15.7 Å². The molecule has 1 fully saturated rings. The molecule has 0 saturated carbocycles. The molecular formula is C17H19IN2O3S2. The van der Waals surface area contributed by atoms with Gasteiger partial charge >= 0.3 is 0 Å². The van der Waals surface area contributed by atoms with E-state index in [0.717, 1.165) is 39.7 Å². The summed E-state index contributed by atoms with van der Waals surface area (Å²) < 4.78 is 28.3. The fourth-order valence-electron chi connectivity index (χ4n) is 2.77. The molecule has 0 aliphatic carbocycles. The predicted molar refractivity (Wildman–Crippen MR) is 109 cm³/mol. The number of carbonyl (C=O) groups is 1. The predicted octanol–water partition coefficient (Wildman–Crippen LogP) is 4.09. The second kappa shape index (κ2) is 7.73. The first-order valence-electron chi connectivity index (χ1n) is 8.05. The minimum absolute atomic E-state index is 0.110. The van der Waals surface area contributed by atoms with E-state index < -0.39 is 10.0 Å². The van der Waals surface area contributed by atoms with E-state index in [1.54, 1.807) is 5.38 Å². The van der Waals surface area contributed by atoms with Gasteiger partial charge in [-0.25, -0.2) is 8.42 Å². The van der Waals surface area contributed by atoms with E-state index in [2.05, 4.69) is 27.9 Å². The largest absolute Gasteiger partial charge is 0.321 e. The number of piperidine rings is 1. The van der Waals surface area contributed by atoms with Crippen LogP contribution in [-0.2, 0) is 10.0 Å². The zero-order valence-electron chi connectivity index (χ0n) is 13.8. The van der Waals surface area contributed by atoms with E-state index >= 15 is 0 Å². The first-order valence-corrected chi connectivity index (χ1v) is 11.4. The summed E-state index contributed by atoms with van der Waals surface area (Å²) in [6, 6.07) is 7.15. The molecule has 1 aromatic carbocycles. The Morgan fingerprint density at radius 1 is 1.20 bits per heavy atom. The van der Waals surface area contributed by atoms with Crippen LogP contribution < -0.4 is 5.32 Å². The number of carbonyl (C=O) groups excluding carboxylic acids is 1. The molecule has 0 spiro atoms. The lowest BCUT2D eigenvalue weighted by atomic mass is 10.2. The van der Waals surface area contributed by atoms with E-state index in [0.29, 0.717) is 18.8 Å². The maximum atomic E-state index is 12.9.